The van der Waals surface area contributed by atoms with Crippen LogP contribution >= 0.6 is 0 Å². The molecule has 3 aromatic rings. The Balaban J connectivity index is 1.60. The number of methoxy groups -OCH3 is 1. The van der Waals surface area contributed by atoms with E-state index in [9.17, 15) is 17.6 Å². The number of para-hydroxylation sites is 1. The summed E-state index contributed by atoms with van der Waals surface area (Å²) >= 11 is 0. The maximum absolute atomic E-state index is 13.5. The van der Waals surface area contributed by atoms with Gasteiger partial charge in [0.2, 0.25) is 0 Å². The first-order valence-electron chi connectivity index (χ1n) is 9.20. The van der Waals surface area contributed by atoms with Gasteiger partial charge < -0.3 is 14.2 Å². The number of carbonyl (C=O) groups excluding carboxylic acids is 1. The van der Waals surface area contributed by atoms with Gasteiger partial charge in [-0.05, 0) is 54.6 Å². The smallest absolute Gasteiger partial charge is 0.338 e. The molecule has 0 fully saturated rings. The van der Waals surface area contributed by atoms with Crippen molar-refractivity contribution in [3.63, 3.8) is 0 Å². The lowest BCUT2D eigenvalue weighted by atomic mass is 10.2. The van der Waals surface area contributed by atoms with E-state index in [1.54, 1.807) is 30.3 Å². The second-order valence-electron chi connectivity index (χ2n) is 6.28. The molecule has 31 heavy (non-hydrogen) atoms. The molecule has 9 heteroatoms. The monoisotopic (exact) mass is 445 g/mol. The molecule has 0 aliphatic heterocycles. The Morgan fingerprint density at radius 3 is 2.42 bits per heavy atom. The molecule has 7 nitrogen and oxygen atoms in total. The first-order chi connectivity index (χ1) is 14.9. The van der Waals surface area contributed by atoms with Crippen molar-refractivity contribution in [2.75, 3.05) is 25.0 Å². The highest BCUT2D eigenvalue weighted by atomic mass is 32.2. The number of esters is 1. The maximum Gasteiger partial charge on any atom is 0.338 e. The summed E-state index contributed by atoms with van der Waals surface area (Å²) in [6.07, 6.45) is 0. The predicted octanol–water partition coefficient (Wildman–Crippen LogP) is 3.87. The summed E-state index contributed by atoms with van der Waals surface area (Å²) in [5.41, 5.74) is 0.405. The number of nitrogens with one attached hydrogen (secondary N) is 1. The highest BCUT2D eigenvalue weighted by Gasteiger charge is 2.17. The van der Waals surface area contributed by atoms with Crippen LogP contribution in [0.1, 0.15) is 10.4 Å². The van der Waals surface area contributed by atoms with Crippen molar-refractivity contribution >= 4 is 21.7 Å². The molecule has 0 saturated heterocycles. The summed E-state index contributed by atoms with van der Waals surface area (Å²) in [6.45, 7) is -0.183. The molecule has 0 aromatic heterocycles. The zero-order chi connectivity index (χ0) is 22.3. The van der Waals surface area contributed by atoms with Crippen LogP contribution in [0.25, 0.3) is 0 Å². The van der Waals surface area contributed by atoms with Crippen LogP contribution in [-0.4, -0.2) is 34.7 Å². The molecular weight excluding hydrogens is 425 g/mol. The van der Waals surface area contributed by atoms with Gasteiger partial charge in [0.05, 0.1) is 17.6 Å². The quantitative estimate of drug-likeness (QED) is 0.397. The third-order valence-corrected chi connectivity index (χ3v) is 5.51. The van der Waals surface area contributed by atoms with Gasteiger partial charge in [0.15, 0.2) is 11.6 Å². The number of anilines is 1. The fourth-order valence-corrected chi connectivity index (χ4v) is 3.70. The van der Waals surface area contributed by atoms with Gasteiger partial charge >= 0.3 is 5.97 Å². The van der Waals surface area contributed by atoms with E-state index in [1.807, 2.05) is 0 Å². The number of hydrogen-bond acceptors (Lipinski definition) is 6. The van der Waals surface area contributed by atoms with Crippen molar-refractivity contribution in [3.8, 4) is 11.5 Å². The normalized spacial score (nSPS) is 10.9. The van der Waals surface area contributed by atoms with E-state index in [4.69, 9.17) is 14.2 Å². The molecule has 0 heterocycles. The van der Waals surface area contributed by atoms with Crippen LogP contribution in [0.3, 0.4) is 0 Å². The van der Waals surface area contributed by atoms with E-state index >= 15 is 0 Å². The van der Waals surface area contributed by atoms with Crippen LogP contribution in [0.5, 0.6) is 11.5 Å². The lowest BCUT2D eigenvalue weighted by Gasteiger charge is -2.10. The fourth-order valence-electron chi connectivity index (χ4n) is 2.59. The first kappa shape index (κ1) is 22.1. The van der Waals surface area contributed by atoms with E-state index in [0.717, 1.165) is 0 Å². The summed E-state index contributed by atoms with van der Waals surface area (Å²) in [5.74, 6) is -0.599. The minimum Gasteiger partial charge on any atom is -0.497 e. The molecule has 3 rings (SSSR count). The van der Waals surface area contributed by atoms with E-state index in [-0.39, 0.29) is 29.4 Å². The first-order valence-corrected chi connectivity index (χ1v) is 10.7. The van der Waals surface area contributed by atoms with E-state index < -0.39 is 21.8 Å². The van der Waals surface area contributed by atoms with Crippen LogP contribution < -0.4 is 14.2 Å². The van der Waals surface area contributed by atoms with E-state index in [2.05, 4.69) is 4.72 Å². The highest BCUT2D eigenvalue weighted by molar-refractivity contribution is 7.92. The maximum atomic E-state index is 13.5. The zero-order valence-electron chi connectivity index (χ0n) is 16.6. The van der Waals surface area contributed by atoms with Crippen molar-refractivity contribution in [3.05, 3.63) is 84.2 Å². The molecule has 3 aromatic carbocycles. The fraction of sp³-hybridized carbons (Fsp3) is 0.136. The summed E-state index contributed by atoms with van der Waals surface area (Å²) in [5, 5.41) is 0. The third kappa shape index (κ3) is 5.95. The Morgan fingerprint density at radius 1 is 0.968 bits per heavy atom. The van der Waals surface area contributed by atoms with Gasteiger partial charge in [0.25, 0.3) is 10.0 Å². The number of benzene rings is 3. The molecule has 0 aliphatic rings. The SMILES string of the molecule is COc1ccc(NS(=O)(=O)c2cccc(C(=O)OCCOc3ccccc3F)c2)cc1. The van der Waals surface area contributed by atoms with Gasteiger partial charge in [0.1, 0.15) is 19.0 Å². The van der Waals surface area contributed by atoms with Crippen molar-refractivity contribution in [2.45, 2.75) is 4.90 Å². The molecule has 0 amide bonds. The van der Waals surface area contributed by atoms with E-state index in [0.29, 0.717) is 11.4 Å². The van der Waals surface area contributed by atoms with Gasteiger partial charge in [-0.1, -0.05) is 18.2 Å². The molecule has 0 bridgehead atoms. The second kappa shape index (κ2) is 9.94. The standard InChI is InChI=1S/C22H20FNO6S/c1-28-18-11-9-17(10-12-18)24-31(26,27)19-6-4-5-16(15-19)22(25)30-14-13-29-21-8-3-2-7-20(21)23/h2-12,15,24H,13-14H2,1H3. The number of sulfonamides is 1. The van der Waals surface area contributed by atoms with Crippen molar-refractivity contribution in [2.24, 2.45) is 0 Å². The highest BCUT2D eigenvalue weighted by Crippen LogP contribution is 2.20. The van der Waals surface area contributed by atoms with Gasteiger partial charge in [-0.15, -0.1) is 0 Å². The number of halogens is 1. The third-order valence-electron chi connectivity index (χ3n) is 4.13. The number of ether oxygens (including phenoxy) is 3. The lowest BCUT2D eigenvalue weighted by Crippen LogP contribution is -2.15. The van der Waals surface area contributed by atoms with Gasteiger partial charge in [-0.3, -0.25) is 4.72 Å². The Labute approximate surface area is 179 Å². The average Bonchev–Trinajstić information content (AvgIpc) is 2.78. The van der Waals surface area contributed by atoms with Crippen molar-refractivity contribution < 1.29 is 31.8 Å². The summed E-state index contributed by atoms with van der Waals surface area (Å²) < 4.78 is 56.5. The molecule has 162 valence electrons. The number of carbonyl (C=O) groups is 1. The minimum atomic E-state index is -3.92. The molecule has 0 radical (unpaired) electrons. The zero-order valence-corrected chi connectivity index (χ0v) is 17.4. The Morgan fingerprint density at radius 2 is 1.71 bits per heavy atom. The largest absolute Gasteiger partial charge is 0.497 e. The molecule has 1 N–H and O–H groups in total. The summed E-state index contributed by atoms with van der Waals surface area (Å²) in [4.78, 5) is 12.2. The minimum absolute atomic E-state index is 0.0519. The topological polar surface area (TPSA) is 90.9 Å². The van der Waals surface area contributed by atoms with Crippen LogP contribution in [0.2, 0.25) is 0 Å². The van der Waals surface area contributed by atoms with Gasteiger partial charge in [0, 0.05) is 5.69 Å². The van der Waals surface area contributed by atoms with Gasteiger partial charge in [-0.25, -0.2) is 17.6 Å². The molecule has 0 saturated carbocycles. The molecule has 0 atom stereocenters. The van der Waals surface area contributed by atoms with E-state index in [1.165, 1.54) is 49.6 Å². The Kier molecular flexibility index (Phi) is 7.09. The van der Waals surface area contributed by atoms with Crippen molar-refractivity contribution in [1.29, 1.82) is 0 Å². The second-order valence-corrected chi connectivity index (χ2v) is 7.96. The van der Waals surface area contributed by atoms with Crippen molar-refractivity contribution in [1.82, 2.24) is 0 Å². The predicted molar refractivity (Wildman–Crippen MR) is 112 cm³/mol. The summed E-state index contributed by atoms with van der Waals surface area (Å²) in [7, 11) is -2.41. The van der Waals surface area contributed by atoms with Gasteiger partial charge in [-0.2, -0.15) is 0 Å². The summed E-state index contributed by atoms with van der Waals surface area (Å²) in [6, 6.07) is 17.7. The van der Waals surface area contributed by atoms with Crippen LogP contribution in [0.4, 0.5) is 10.1 Å². The molecule has 0 spiro atoms. The molecule has 0 aliphatic carbocycles. The Hall–Kier alpha value is -3.59. The average molecular weight is 445 g/mol. The molecule has 0 unspecified atom stereocenters. The Bertz CT molecular complexity index is 1150. The number of hydrogen-bond donors (Lipinski definition) is 1. The van der Waals surface area contributed by atoms with Crippen LogP contribution in [-0.2, 0) is 14.8 Å². The van der Waals surface area contributed by atoms with Crippen LogP contribution in [0, 0.1) is 5.82 Å². The number of rotatable bonds is 9. The lowest BCUT2D eigenvalue weighted by molar-refractivity contribution is 0.0448. The molecular formula is C22H20FNO6S. The van der Waals surface area contributed by atoms with Crippen LogP contribution in [0.15, 0.2) is 77.7 Å².